The Morgan fingerprint density at radius 3 is 2.25 bits per heavy atom. The smallest absolute Gasteiger partial charge is 0.125 e. The van der Waals surface area contributed by atoms with Gasteiger partial charge in [0, 0.05) is 25.3 Å². The van der Waals surface area contributed by atoms with Gasteiger partial charge in [-0.05, 0) is 36.8 Å². The molecule has 0 aromatic heterocycles. The molecule has 1 N–H and O–H groups in total. The van der Waals surface area contributed by atoms with Crippen molar-refractivity contribution in [3.63, 3.8) is 0 Å². The number of ether oxygens (including phenoxy) is 1. The molecule has 3 heteroatoms. The molecule has 1 unspecified atom stereocenters. The van der Waals surface area contributed by atoms with Crippen molar-refractivity contribution in [3.8, 4) is 5.75 Å². The molecule has 0 saturated heterocycles. The maximum atomic E-state index is 10.6. The molecule has 3 nitrogen and oxygen atoms in total. The first-order valence-corrected chi connectivity index (χ1v) is 6.63. The van der Waals surface area contributed by atoms with Crippen LogP contribution in [0.5, 0.6) is 5.75 Å². The van der Waals surface area contributed by atoms with E-state index in [1.807, 2.05) is 68.4 Å². The Hall–Kier alpha value is -2.00. The minimum absolute atomic E-state index is 0.680. The second kappa shape index (κ2) is 5.97. The number of aryl methyl sites for hydroxylation is 1. The predicted octanol–water partition coefficient (Wildman–Crippen LogP) is 3.15. The zero-order valence-corrected chi connectivity index (χ0v) is 12.4. The number of aliphatic hydroxyl groups is 1. The van der Waals surface area contributed by atoms with Crippen molar-refractivity contribution in [3.05, 3.63) is 59.2 Å². The van der Waals surface area contributed by atoms with Gasteiger partial charge in [-0.15, -0.1) is 0 Å². The summed E-state index contributed by atoms with van der Waals surface area (Å²) in [5, 5.41) is 10.6. The highest BCUT2D eigenvalue weighted by Crippen LogP contribution is 2.31. The molecule has 1 atom stereocenters. The number of aliphatic hydroxyl groups excluding tert-OH is 1. The Morgan fingerprint density at radius 2 is 1.70 bits per heavy atom. The molecule has 0 spiro atoms. The fourth-order valence-electron chi connectivity index (χ4n) is 2.20. The predicted molar refractivity (Wildman–Crippen MR) is 82.6 cm³/mol. The van der Waals surface area contributed by atoms with E-state index in [9.17, 15) is 5.11 Å². The Morgan fingerprint density at radius 1 is 1.05 bits per heavy atom. The molecule has 2 aromatic carbocycles. The van der Waals surface area contributed by atoms with Crippen LogP contribution in [0.4, 0.5) is 5.69 Å². The molecule has 2 rings (SSSR count). The minimum Gasteiger partial charge on any atom is -0.496 e. The molecule has 0 aliphatic heterocycles. The first-order valence-electron chi connectivity index (χ1n) is 6.63. The second-order valence-electron chi connectivity index (χ2n) is 5.13. The van der Waals surface area contributed by atoms with Crippen LogP contribution in [-0.2, 0) is 0 Å². The molecule has 2 aromatic rings. The van der Waals surface area contributed by atoms with E-state index in [1.165, 1.54) is 0 Å². The lowest BCUT2D eigenvalue weighted by Gasteiger charge is -2.18. The van der Waals surface area contributed by atoms with Crippen molar-refractivity contribution in [1.29, 1.82) is 0 Å². The van der Waals surface area contributed by atoms with E-state index in [1.54, 1.807) is 7.11 Å². The monoisotopic (exact) mass is 271 g/mol. The maximum Gasteiger partial charge on any atom is 0.125 e. The zero-order valence-electron chi connectivity index (χ0n) is 12.4. The average Bonchev–Trinajstić information content (AvgIpc) is 2.46. The summed E-state index contributed by atoms with van der Waals surface area (Å²) in [5.41, 5.74) is 3.87. The first kappa shape index (κ1) is 14.4. The number of rotatable bonds is 4. The van der Waals surface area contributed by atoms with Crippen molar-refractivity contribution in [2.75, 3.05) is 26.1 Å². The number of nitrogens with zero attached hydrogens (tertiary/aromatic N) is 1. The summed E-state index contributed by atoms with van der Waals surface area (Å²) in [7, 11) is 5.61. The lowest BCUT2D eigenvalue weighted by atomic mass is 9.98. The number of hydrogen-bond acceptors (Lipinski definition) is 3. The number of hydrogen-bond donors (Lipinski definition) is 1. The molecule has 0 saturated carbocycles. The normalized spacial score (nSPS) is 12.1. The van der Waals surface area contributed by atoms with Crippen LogP contribution in [-0.4, -0.2) is 26.3 Å². The third kappa shape index (κ3) is 2.94. The van der Waals surface area contributed by atoms with Gasteiger partial charge in [0.2, 0.25) is 0 Å². The summed E-state index contributed by atoms with van der Waals surface area (Å²) in [6.07, 6.45) is -0.680. The summed E-state index contributed by atoms with van der Waals surface area (Å²) in [4.78, 5) is 2.03. The van der Waals surface area contributed by atoms with Gasteiger partial charge < -0.3 is 14.7 Å². The lowest BCUT2D eigenvalue weighted by Crippen LogP contribution is -2.09. The Bertz CT molecular complexity index is 576. The summed E-state index contributed by atoms with van der Waals surface area (Å²) >= 11 is 0. The zero-order chi connectivity index (χ0) is 14.7. The van der Waals surface area contributed by atoms with E-state index in [2.05, 4.69) is 0 Å². The molecular weight excluding hydrogens is 250 g/mol. The SMILES string of the molecule is COc1ccc(C)cc1C(O)c1ccc(N(C)C)cc1. The summed E-state index contributed by atoms with van der Waals surface area (Å²) in [5.74, 6) is 0.708. The van der Waals surface area contributed by atoms with Crippen LogP contribution in [0.15, 0.2) is 42.5 Å². The topological polar surface area (TPSA) is 32.7 Å². The first-order chi connectivity index (χ1) is 9.52. The second-order valence-corrected chi connectivity index (χ2v) is 5.13. The van der Waals surface area contributed by atoms with E-state index in [0.717, 1.165) is 22.4 Å². The Labute approximate surface area is 120 Å². The highest BCUT2D eigenvalue weighted by Gasteiger charge is 2.15. The molecular formula is C17H21NO2. The molecule has 0 heterocycles. The minimum atomic E-state index is -0.680. The number of methoxy groups -OCH3 is 1. The van der Waals surface area contributed by atoms with Crippen molar-refractivity contribution in [1.82, 2.24) is 0 Å². The fraction of sp³-hybridized carbons (Fsp3) is 0.294. The molecule has 0 radical (unpaired) electrons. The van der Waals surface area contributed by atoms with Gasteiger partial charge >= 0.3 is 0 Å². The maximum absolute atomic E-state index is 10.6. The summed E-state index contributed by atoms with van der Waals surface area (Å²) in [6.45, 7) is 2.00. The summed E-state index contributed by atoms with van der Waals surface area (Å²) in [6, 6.07) is 13.7. The van der Waals surface area contributed by atoms with Crippen molar-refractivity contribution in [2.45, 2.75) is 13.0 Å². The third-order valence-corrected chi connectivity index (χ3v) is 3.41. The van der Waals surface area contributed by atoms with Gasteiger partial charge in [0.1, 0.15) is 11.9 Å². The van der Waals surface area contributed by atoms with Gasteiger partial charge in [-0.2, -0.15) is 0 Å². The third-order valence-electron chi connectivity index (χ3n) is 3.41. The van der Waals surface area contributed by atoms with Gasteiger partial charge in [-0.1, -0.05) is 23.8 Å². The fourth-order valence-corrected chi connectivity index (χ4v) is 2.20. The average molecular weight is 271 g/mol. The molecule has 0 amide bonds. The quantitative estimate of drug-likeness (QED) is 0.927. The van der Waals surface area contributed by atoms with Gasteiger partial charge in [0.05, 0.1) is 7.11 Å². The standard InChI is InChI=1S/C17H21NO2/c1-12-5-10-16(20-4)15(11-12)17(19)13-6-8-14(9-7-13)18(2)3/h5-11,17,19H,1-4H3. The van der Waals surface area contributed by atoms with E-state index >= 15 is 0 Å². The van der Waals surface area contributed by atoms with Crippen molar-refractivity contribution < 1.29 is 9.84 Å². The Kier molecular flexibility index (Phi) is 4.30. The molecule has 0 aliphatic carbocycles. The van der Waals surface area contributed by atoms with Crippen LogP contribution in [0.3, 0.4) is 0 Å². The van der Waals surface area contributed by atoms with E-state index in [0.29, 0.717) is 5.75 Å². The van der Waals surface area contributed by atoms with Crippen LogP contribution in [0.2, 0.25) is 0 Å². The van der Waals surface area contributed by atoms with Gasteiger partial charge in [0.25, 0.3) is 0 Å². The van der Waals surface area contributed by atoms with Crippen LogP contribution in [0.1, 0.15) is 22.8 Å². The van der Waals surface area contributed by atoms with Crippen LogP contribution < -0.4 is 9.64 Å². The van der Waals surface area contributed by atoms with Gasteiger partial charge in [-0.25, -0.2) is 0 Å². The molecule has 0 bridgehead atoms. The molecule has 0 aliphatic rings. The van der Waals surface area contributed by atoms with Crippen LogP contribution >= 0.6 is 0 Å². The summed E-state index contributed by atoms with van der Waals surface area (Å²) < 4.78 is 5.34. The van der Waals surface area contributed by atoms with Gasteiger partial charge in [-0.3, -0.25) is 0 Å². The van der Waals surface area contributed by atoms with Crippen LogP contribution in [0.25, 0.3) is 0 Å². The van der Waals surface area contributed by atoms with E-state index in [4.69, 9.17) is 4.74 Å². The highest BCUT2D eigenvalue weighted by molar-refractivity contribution is 5.49. The number of benzene rings is 2. The largest absolute Gasteiger partial charge is 0.496 e. The van der Waals surface area contributed by atoms with Crippen molar-refractivity contribution in [2.24, 2.45) is 0 Å². The molecule has 106 valence electrons. The van der Waals surface area contributed by atoms with E-state index in [-0.39, 0.29) is 0 Å². The Balaban J connectivity index is 2.35. The van der Waals surface area contributed by atoms with Gasteiger partial charge in [0.15, 0.2) is 0 Å². The molecule has 0 fully saturated rings. The van der Waals surface area contributed by atoms with E-state index < -0.39 is 6.10 Å². The number of anilines is 1. The van der Waals surface area contributed by atoms with Crippen LogP contribution in [0, 0.1) is 6.92 Å². The highest BCUT2D eigenvalue weighted by atomic mass is 16.5. The molecule has 20 heavy (non-hydrogen) atoms. The lowest BCUT2D eigenvalue weighted by molar-refractivity contribution is 0.214. The van der Waals surface area contributed by atoms with Crippen molar-refractivity contribution >= 4 is 5.69 Å².